The number of hydrogen-bond acceptors (Lipinski definition) is 3. The Kier molecular flexibility index (Phi) is 6.08. The molecule has 1 aromatic rings. The van der Waals surface area contributed by atoms with Crippen molar-refractivity contribution >= 4 is 11.8 Å². The van der Waals surface area contributed by atoms with Crippen LogP contribution in [0.1, 0.15) is 33.6 Å². The maximum absolute atomic E-state index is 12.2. The van der Waals surface area contributed by atoms with Gasteiger partial charge in [0.2, 0.25) is 0 Å². The topological polar surface area (TPSA) is 49.8 Å². The lowest BCUT2D eigenvalue weighted by Crippen LogP contribution is -2.33. The van der Waals surface area contributed by atoms with Crippen molar-refractivity contribution < 1.29 is 14.6 Å². The number of rotatable bonds is 3. The molecule has 0 aliphatic heterocycles. The minimum Gasteiger partial charge on any atom is -0.443 e. The molecule has 0 radical (unpaired) electrons. The molecule has 0 aliphatic rings. The third-order valence-corrected chi connectivity index (χ3v) is 2.24. The summed E-state index contributed by atoms with van der Waals surface area (Å²) in [6.45, 7) is 5.53. The van der Waals surface area contributed by atoms with Crippen LogP contribution < -0.4 is 4.90 Å². The zero-order chi connectivity index (χ0) is 15.0. The van der Waals surface area contributed by atoms with E-state index in [0.29, 0.717) is 18.5 Å². The number of hydrogen-bond donors (Lipinski definition) is 1. The summed E-state index contributed by atoms with van der Waals surface area (Å²) in [4.78, 5) is 13.5. The van der Waals surface area contributed by atoms with E-state index in [1.165, 1.54) is 4.90 Å². The smallest absolute Gasteiger partial charge is 0.426 e. The molecule has 0 unspecified atom stereocenters. The molecule has 108 valence electrons. The SMILES string of the molecule is CC(C)(C)OC(=O)N(C#CCCCO)c1ccccc1. The number of para-hydroxylation sites is 1. The zero-order valence-electron chi connectivity index (χ0n) is 12.2. The van der Waals surface area contributed by atoms with Gasteiger partial charge in [0.1, 0.15) is 5.60 Å². The summed E-state index contributed by atoms with van der Waals surface area (Å²) >= 11 is 0. The van der Waals surface area contributed by atoms with Gasteiger partial charge in [-0.1, -0.05) is 24.1 Å². The van der Waals surface area contributed by atoms with Crippen molar-refractivity contribution in [1.82, 2.24) is 0 Å². The molecule has 0 fully saturated rings. The lowest BCUT2D eigenvalue weighted by Gasteiger charge is -2.23. The number of ether oxygens (including phenoxy) is 1. The van der Waals surface area contributed by atoms with Crippen LogP contribution in [-0.4, -0.2) is 23.4 Å². The first-order valence-corrected chi connectivity index (χ1v) is 6.61. The molecule has 1 rings (SSSR count). The molecule has 0 atom stereocenters. The van der Waals surface area contributed by atoms with E-state index >= 15 is 0 Å². The van der Waals surface area contributed by atoms with Crippen LogP contribution in [0.5, 0.6) is 0 Å². The zero-order valence-corrected chi connectivity index (χ0v) is 12.2. The van der Waals surface area contributed by atoms with Crippen LogP contribution >= 0.6 is 0 Å². The van der Waals surface area contributed by atoms with E-state index in [1.807, 2.05) is 39.0 Å². The van der Waals surface area contributed by atoms with E-state index < -0.39 is 11.7 Å². The number of carbonyl (C=O) groups is 1. The van der Waals surface area contributed by atoms with Crippen LogP contribution in [0.15, 0.2) is 30.3 Å². The predicted octanol–water partition coefficient (Wildman–Crippen LogP) is 3.16. The normalized spacial score (nSPS) is 10.4. The summed E-state index contributed by atoms with van der Waals surface area (Å²) < 4.78 is 5.35. The summed E-state index contributed by atoms with van der Waals surface area (Å²) in [5, 5.41) is 8.74. The number of aliphatic hydroxyl groups excluding tert-OH is 1. The van der Waals surface area contributed by atoms with Crippen molar-refractivity contribution in [2.75, 3.05) is 11.5 Å². The molecule has 1 aromatic carbocycles. The summed E-state index contributed by atoms with van der Waals surface area (Å²) in [5.74, 6) is 2.87. The third-order valence-electron chi connectivity index (χ3n) is 2.24. The first kappa shape index (κ1) is 16.1. The molecule has 20 heavy (non-hydrogen) atoms. The Morgan fingerprint density at radius 2 is 1.95 bits per heavy atom. The van der Waals surface area contributed by atoms with E-state index in [4.69, 9.17) is 9.84 Å². The molecular weight excluding hydrogens is 254 g/mol. The van der Waals surface area contributed by atoms with E-state index in [9.17, 15) is 4.79 Å². The van der Waals surface area contributed by atoms with E-state index in [2.05, 4.69) is 12.0 Å². The number of unbranched alkanes of at least 4 members (excludes halogenated alkanes) is 1. The lowest BCUT2D eigenvalue weighted by molar-refractivity contribution is 0.0600. The largest absolute Gasteiger partial charge is 0.443 e. The highest BCUT2D eigenvalue weighted by atomic mass is 16.6. The average molecular weight is 275 g/mol. The van der Waals surface area contributed by atoms with E-state index in [-0.39, 0.29) is 6.61 Å². The highest BCUT2D eigenvalue weighted by Crippen LogP contribution is 2.17. The Morgan fingerprint density at radius 3 is 2.50 bits per heavy atom. The summed E-state index contributed by atoms with van der Waals surface area (Å²) in [6, 6.07) is 11.9. The maximum atomic E-state index is 12.2. The standard InChI is InChI=1S/C16H21NO3/c1-16(2,3)20-15(19)17(12-8-5-9-13-18)14-10-6-4-7-11-14/h4,6-7,10-11,18H,5,9,13H2,1-3H3. The van der Waals surface area contributed by atoms with Gasteiger partial charge in [0.05, 0.1) is 5.69 Å². The van der Waals surface area contributed by atoms with Gasteiger partial charge in [-0.05, 0) is 39.3 Å². The summed E-state index contributed by atoms with van der Waals surface area (Å²) in [7, 11) is 0. The van der Waals surface area contributed by atoms with Crippen molar-refractivity contribution in [3.05, 3.63) is 30.3 Å². The monoisotopic (exact) mass is 275 g/mol. The first-order valence-electron chi connectivity index (χ1n) is 6.61. The Bertz CT molecular complexity index is 480. The fourth-order valence-corrected chi connectivity index (χ4v) is 1.40. The van der Waals surface area contributed by atoms with Gasteiger partial charge in [-0.15, -0.1) is 0 Å². The van der Waals surface area contributed by atoms with Crippen molar-refractivity contribution in [2.24, 2.45) is 0 Å². The minimum atomic E-state index is -0.573. The molecular formula is C16H21NO3. The maximum Gasteiger partial charge on any atom is 0.426 e. The van der Waals surface area contributed by atoms with E-state index in [1.54, 1.807) is 12.1 Å². The molecule has 0 aliphatic carbocycles. The second-order valence-corrected chi connectivity index (χ2v) is 5.27. The summed E-state index contributed by atoms with van der Waals surface area (Å²) in [6.07, 6.45) is 0.618. The van der Waals surface area contributed by atoms with Gasteiger partial charge in [-0.25, -0.2) is 9.69 Å². The van der Waals surface area contributed by atoms with Gasteiger partial charge < -0.3 is 9.84 Å². The van der Waals surface area contributed by atoms with E-state index in [0.717, 1.165) is 0 Å². The molecule has 0 spiro atoms. The number of amides is 1. The van der Waals surface area contributed by atoms with Crippen LogP contribution in [0.3, 0.4) is 0 Å². The lowest BCUT2D eigenvalue weighted by atomic mass is 10.2. The van der Waals surface area contributed by atoms with Crippen LogP contribution in [0.4, 0.5) is 10.5 Å². The molecule has 0 saturated heterocycles. The van der Waals surface area contributed by atoms with Gasteiger partial charge in [-0.3, -0.25) is 0 Å². The Balaban J connectivity index is 2.89. The molecule has 4 nitrogen and oxygen atoms in total. The van der Waals surface area contributed by atoms with Gasteiger partial charge >= 0.3 is 6.09 Å². The molecule has 0 aromatic heterocycles. The molecule has 0 heterocycles. The molecule has 0 bridgehead atoms. The quantitative estimate of drug-likeness (QED) is 0.523. The first-order chi connectivity index (χ1) is 9.44. The number of anilines is 1. The Labute approximate surface area is 120 Å². The third kappa shape index (κ3) is 5.77. The second kappa shape index (κ2) is 7.56. The Hall–Kier alpha value is -1.99. The molecule has 0 saturated carbocycles. The number of benzene rings is 1. The predicted molar refractivity (Wildman–Crippen MR) is 79.3 cm³/mol. The van der Waals surface area contributed by atoms with Crippen molar-refractivity contribution in [3.8, 4) is 12.0 Å². The van der Waals surface area contributed by atoms with Gasteiger partial charge in [0.25, 0.3) is 0 Å². The number of nitrogens with zero attached hydrogens (tertiary/aromatic N) is 1. The van der Waals surface area contributed by atoms with Crippen LogP contribution in [-0.2, 0) is 4.74 Å². The molecule has 4 heteroatoms. The van der Waals surface area contributed by atoms with Gasteiger partial charge in [0.15, 0.2) is 0 Å². The number of aliphatic hydroxyl groups is 1. The van der Waals surface area contributed by atoms with Crippen LogP contribution in [0.25, 0.3) is 0 Å². The molecule has 1 amide bonds. The van der Waals surface area contributed by atoms with Crippen molar-refractivity contribution in [3.63, 3.8) is 0 Å². The van der Waals surface area contributed by atoms with Gasteiger partial charge in [-0.2, -0.15) is 0 Å². The van der Waals surface area contributed by atoms with Crippen LogP contribution in [0, 0.1) is 12.0 Å². The minimum absolute atomic E-state index is 0.0897. The highest BCUT2D eigenvalue weighted by molar-refractivity contribution is 5.91. The fourth-order valence-electron chi connectivity index (χ4n) is 1.40. The Morgan fingerprint density at radius 1 is 1.30 bits per heavy atom. The molecule has 1 N–H and O–H groups in total. The fraction of sp³-hybridized carbons (Fsp3) is 0.438. The number of carbonyl (C=O) groups excluding carboxylic acids is 1. The van der Waals surface area contributed by atoms with Crippen molar-refractivity contribution in [1.29, 1.82) is 0 Å². The second-order valence-electron chi connectivity index (χ2n) is 5.27. The van der Waals surface area contributed by atoms with Crippen LogP contribution in [0.2, 0.25) is 0 Å². The average Bonchev–Trinajstić information content (AvgIpc) is 2.37. The van der Waals surface area contributed by atoms with Gasteiger partial charge in [0, 0.05) is 19.1 Å². The summed E-state index contributed by atoms with van der Waals surface area (Å²) in [5.41, 5.74) is 0.0925. The highest BCUT2D eigenvalue weighted by Gasteiger charge is 2.22. The van der Waals surface area contributed by atoms with Crippen molar-refractivity contribution in [2.45, 2.75) is 39.2 Å².